The van der Waals surface area contributed by atoms with E-state index >= 15 is 0 Å². The number of nitrogens with zero attached hydrogens (tertiary/aromatic N) is 2. The molecular formula is C21H18ClN3O2S. The summed E-state index contributed by atoms with van der Waals surface area (Å²) in [4.78, 5) is 31.2. The third-order valence-electron chi connectivity index (χ3n) is 4.72. The lowest BCUT2D eigenvalue weighted by Crippen LogP contribution is -2.28. The summed E-state index contributed by atoms with van der Waals surface area (Å²) in [7, 11) is 0. The molecule has 1 aliphatic heterocycles. The molecule has 2 heterocycles. The number of hydrogen-bond donors (Lipinski definition) is 1. The number of anilines is 2. The van der Waals surface area contributed by atoms with Crippen LogP contribution in [0.5, 0.6) is 0 Å². The van der Waals surface area contributed by atoms with Crippen LogP contribution in [0.1, 0.15) is 12.0 Å². The molecule has 1 atom stereocenters. The molecule has 1 unspecified atom stereocenters. The van der Waals surface area contributed by atoms with Crippen LogP contribution in [-0.4, -0.2) is 23.3 Å². The molecule has 1 saturated heterocycles. The van der Waals surface area contributed by atoms with E-state index in [2.05, 4.69) is 10.3 Å². The molecule has 0 aliphatic carbocycles. The molecule has 7 heteroatoms. The van der Waals surface area contributed by atoms with E-state index in [1.54, 1.807) is 17.0 Å². The van der Waals surface area contributed by atoms with Gasteiger partial charge in [-0.05, 0) is 31.2 Å². The zero-order valence-corrected chi connectivity index (χ0v) is 16.8. The minimum atomic E-state index is -0.392. The average molecular weight is 412 g/mol. The standard InChI is InChI=1S/C21H18ClN3O2S/c1-13-2-8-17(9-3-13)25-11-15(10-19(25)26)20(27)24-21-23-18(12-28-21)14-4-6-16(22)7-5-14/h2-9,12,15H,10-11H2,1H3,(H,23,24,27). The Kier molecular flexibility index (Phi) is 5.15. The van der Waals surface area contributed by atoms with Crippen molar-refractivity contribution in [2.24, 2.45) is 5.92 Å². The first-order valence-corrected chi connectivity index (χ1v) is 10.1. The second-order valence-corrected chi connectivity index (χ2v) is 8.07. The quantitative estimate of drug-likeness (QED) is 0.673. The summed E-state index contributed by atoms with van der Waals surface area (Å²) in [5.74, 6) is -0.610. The summed E-state index contributed by atoms with van der Waals surface area (Å²) in [5.41, 5.74) is 3.67. The topological polar surface area (TPSA) is 62.3 Å². The lowest BCUT2D eigenvalue weighted by atomic mass is 10.1. The van der Waals surface area contributed by atoms with E-state index in [9.17, 15) is 9.59 Å². The van der Waals surface area contributed by atoms with Crippen molar-refractivity contribution in [3.63, 3.8) is 0 Å². The fourth-order valence-electron chi connectivity index (χ4n) is 3.15. The zero-order chi connectivity index (χ0) is 19.7. The van der Waals surface area contributed by atoms with Crippen molar-refractivity contribution in [1.82, 2.24) is 4.98 Å². The maximum absolute atomic E-state index is 12.6. The number of hydrogen-bond acceptors (Lipinski definition) is 4. The number of aromatic nitrogens is 1. The zero-order valence-electron chi connectivity index (χ0n) is 15.2. The number of thiazole rings is 1. The van der Waals surface area contributed by atoms with E-state index in [1.807, 2.05) is 48.7 Å². The first kappa shape index (κ1) is 18.7. The molecule has 3 aromatic rings. The highest BCUT2D eigenvalue weighted by Gasteiger charge is 2.35. The van der Waals surface area contributed by atoms with E-state index < -0.39 is 5.92 Å². The highest BCUT2D eigenvalue weighted by molar-refractivity contribution is 7.14. The fraction of sp³-hybridized carbons (Fsp3) is 0.190. The van der Waals surface area contributed by atoms with Crippen LogP contribution >= 0.6 is 22.9 Å². The first-order chi connectivity index (χ1) is 13.5. The van der Waals surface area contributed by atoms with Crippen LogP contribution in [0, 0.1) is 12.8 Å². The Labute approximate surface area is 172 Å². The number of carbonyl (C=O) groups excluding carboxylic acids is 2. The lowest BCUT2D eigenvalue weighted by molar-refractivity contribution is -0.122. The molecule has 1 aromatic heterocycles. The van der Waals surface area contributed by atoms with Crippen LogP contribution in [0.4, 0.5) is 10.8 Å². The molecule has 2 amide bonds. The van der Waals surface area contributed by atoms with Gasteiger partial charge in [0.05, 0.1) is 11.6 Å². The Bertz CT molecular complexity index is 1010. The molecule has 1 fully saturated rings. The Morgan fingerprint density at radius 1 is 1.18 bits per heavy atom. The van der Waals surface area contributed by atoms with Crippen LogP contribution in [0.3, 0.4) is 0 Å². The highest BCUT2D eigenvalue weighted by atomic mass is 35.5. The number of rotatable bonds is 4. The fourth-order valence-corrected chi connectivity index (χ4v) is 4.00. The molecule has 0 spiro atoms. The van der Waals surface area contributed by atoms with Gasteiger partial charge in [0.2, 0.25) is 11.8 Å². The number of aryl methyl sites for hydroxylation is 1. The van der Waals surface area contributed by atoms with Crippen LogP contribution in [-0.2, 0) is 9.59 Å². The molecule has 0 saturated carbocycles. The van der Waals surface area contributed by atoms with Gasteiger partial charge in [0.25, 0.3) is 0 Å². The maximum atomic E-state index is 12.6. The molecule has 28 heavy (non-hydrogen) atoms. The van der Waals surface area contributed by atoms with E-state index in [4.69, 9.17) is 11.6 Å². The van der Waals surface area contributed by atoms with Gasteiger partial charge >= 0.3 is 0 Å². The smallest absolute Gasteiger partial charge is 0.231 e. The van der Waals surface area contributed by atoms with Gasteiger partial charge in [-0.3, -0.25) is 9.59 Å². The van der Waals surface area contributed by atoms with Crippen molar-refractivity contribution >= 4 is 45.6 Å². The Hall–Kier alpha value is -2.70. The van der Waals surface area contributed by atoms with Crippen molar-refractivity contribution in [2.75, 3.05) is 16.8 Å². The van der Waals surface area contributed by atoms with Crippen molar-refractivity contribution in [2.45, 2.75) is 13.3 Å². The second-order valence-electron chi connectivity index (χ2n) is 6.77. The second kappa shape index (κ2) is 7.73. The van der Waals surface area contributed by atoms with Crippen molar-refractivity contribution in [3.8, 4) is 11.3 Å². The van der Waals surface area contributed by atoms with Crippen LogP contribution in [0.25, 0.3) is 11.3 Å². The summed E-state index contributed by atoms with van der Waals surface area (Å²) < 4.78 is 0. The normalized spacial score (nSPS) is 16.4. The SMILES string of the molecule is Cc1ccc(N2CC(C(=O)Nc3nc(-c4ccc(Cl)cc4)cs3)CC2=O)cc1. The maximum Gasteiger partial charge on any atom is 0.231 e. The first-order valence-electron chi connectivity index (χ1n) is 8.89. The molecule has 142 valence electrons. The van der Waals surface area contributed by atoms with Gasteiger partial charge in [-0.15, -0.1) is 11.3 Å². The average Bonchev–Trinajstić information content (AvgIpc) is 3.30. The molecular weight excluding hydrogens is 394 g/mol. The summed E-state index contributed by atoms with van der Waals surface area (Å²) in [5, 5.41) is 5.92. The number of nitrogens with one attached hydrogen (secondary N) is 1. The molecule has 1 aliphatic rings. The predicted molar refractivity (Wildman–Crippen MR) is 113 cm³/mol. The minimum Gasteiger partial charge on any atom is -0.312 e. The molecule has 2 aromatic carbocycles. The molecule has 0 bridgehead atoms. The summed E-state index contributed by atoms with van der Waals surface area (Å²) in [6.45, 7) is 2.38. The van der Waals surface area contributed by atoms with Gasteiger partial charge in [-0.25, -0.2) is 4.98 Å². The third-order valence-corrected chi connectivity index (χ3v) is 5.73. The summed E-state index contributed by atoms with van der Waals surface area (Å²) in [6.07, 6.45) is 0.203. The molecule has 5 nitrogen and oxygen atoms in total. The Morgan fingerprint density at radius 3 is 2.61 bits per heavy atom. The van der Waals surface area contributed by atoms with E-state index in [0.717, 1.165) is 22.5 Å². The van der Waals surface area contributed by atoms with Crippen molar-refractivity contribution < 1.29 is 9.59 Å². The summed E-state index contributed by atoms with van der Waals surface area (Å²) >= 11 is 7.28. The number of halogens is 1. The number of benzene rings is 2. The van der Waals surface area contributed by atoms with Crippen LogP contribution < -0.4 is 10.2 Å². The Balaban J connectivity index is 1.42. The monoisotopic (exact) mass is 411 g/mol. The molecule has 1 N–H and O–H groups in total. The number of carbonyl (C=O) groups is 2. The van der Waals surface area contributed by atoms with Gasteiger partial charge in [-0.2, -0.15) is 0 Å². The molecule has 4 rings (SSSR count). The van der Waals surface area contributed by atoms with Gasteiger partial charge < -0.3 is 10.2 Å². The van der Waals surface area contributed by atoms with Crippen molar-refractivity contribution in [1.29, 1.82) is 0 Å². The van der Waals surface area contributed by atoms with Gasteiger partial charge in [0.15, 0.2) is 5.13 Å². The summed E-state index contributed by atoms with van der Waals surface area (Å²) in [6, 6.07) is 15.1. The molecule has 0 radical (unpaired) electrons. The predicted octanol–water partition coefficient (Wildman–Crippen LogP) is 4.76. The van der Waals surface area contributed by atoms with Gasteiger partial charge in [0, 0.05) is 34.6 Å². The van der Waals surface area contributed by atoms with Crippen molar-refractivity contribution in [3.05, 3.63) is 64.5 Å². The Morgan fingerprint density at radius 2 is 1.89 bits per heavy atom. The number of amides is 2. The third kappa shape index (κ3) is 3.93. The lowest BCUT2D eigenvalue weighted by Gasteiger charge is -2.16. The largest absolute Gasteiger partial charge is 0.312 e. The van der Waals surface area contributed by atoms with Crippen LogP contribution in [0.2, 0.25) is 5.02 Å². The van der Waals surface area contributed by atoms with Gasteiger partial charge in [0.1, 0.15) is 0 Å². The van der Waals surface area contributed by atoms with Crippen LogP contribution in [0.15, 0.2) is 53.9 Å². The minimum absolute atomic E-state index is 0.0370. The van der Waals surface area contributed by atoms with Gasteiger partial charge in [-0.1, -0.05) is 41.4 Å². The highest BCUT2D eigenvalue weighted by Crippen LogP contribution is 2.29. The van der Waals surface area contributed by atoms with E-state index in [0.29, 0.717) is 16.7 Å². The van der Waals surface area contributed by atoms with E-state index in [-0.39, 0.29) is 18.2 Å². The van der Waals surface area contributed by atoms with E-state index in [1.165, 1.54) is 11.3 Å².